The van der Waals surface area contributed by atoms with Gasteiger partial charge in [-0.3, -0.25) is 9.36 Å². The number of hydrogen-bond donors (Lipinski definition) is 1. The molecular formula is C15H13ClN4OS2. The van der Waals surface area contributed by atoms with Crippen LogP contribution in [0.1, 0.15) is 4.88 Å². The van der Waals surface area contributed by atoms with Crippen molar-refractivity contribution in [1.82, 2.24) is 20.1 Å². The van der Waals surface area contributed by atoms with E-state index in [1.807, 2.05) is 40.3 Å². The fourth-order valence-corrected chi connectivity index (χ4v) is 3.49. The maximum atomic E-state index is 11.9. The molecule has 1 N–H and O–H groups in total. The zero-order valence-corrected chi connectivity index (χ0v) is 14.4. The molecule has 0 aliphatic rings. The van der Waals surface area contributed by atoms with E-state index in [0.717, 1.165) is 10.6 Å². The summed E-state index contributed by atoms with van der Waals surface area (Å²) >= 11 is 8.97. The van der Waals surface area contributed by atoms with Crippen LogP contribution in [0.25, 0.3) is 5.69 Å². The van der Waals surface area contributed by atoms with Crippen LogP contribution in [-0.2, 0) is 11.3 Å². The standard InChI is InChI=1S/C15H13ClN4OS2/c16-11-3-1-4-12(7-11)20-10-18-19-15(20)23-9-14(21)17-8-13-5-2-6-22-13/h1-7,10H,8-9H2,(H,17,21). The Bertz CT molecular complexity index is 788. The van der Waals surface area contributed by atoms with Crippen molar-refractivity contribution < 1.29 is 4.79 Å². The number of thioether (sulfide) groups is 1. The Balaban J connectivity index is 1.58. The topological polar surface area (TPSA) is 59.8 Å². The first-order valence-corrected chi connectivity index (χ1v) is 9.04. The number of halogens is 1. The molecule has 118 valence electrons. The smallest absolute Gasteiger partial charge is 0.230 e. The minimum absolute atomic E-state index is 0.0379. The second kappa shape index (κ2) is 7.63. The molecule has 8 heteroatoms. The average Bonchev–Trinajstić information content (AvgIpc) is 3.22. The molecule has 0 fully saturated rings. The number of carbonyl (C=O) groups is 1. The SMILES string of the molecule is O=C(CSc1nncn1-c1cccc(Cl)c1)NCc1cccs1. The fraction of sp³-hybridized carbons (Fsp3) is 0.133. The molecule has 2 heterocycles. The Morgan fingerprint density at radius 3 is 3.04 bits per heavy atom. The minimum Gasteiger partial charge on any atom is -0.350 e. The number of nitrogens with one attached hydrogen (secondary N) is 1. The lowest BCUT2D eigenvalue weighted by Crippen LogP contribution is -2.24. The van der Waals surface area contributed by atoms with Crippen LogP contribution >= 0.6 is 34.7 Å². The van der Waals surface area contributed by atoms with Gasteiger partial charge >= 0.3 is 0 Å². The number of benzene rings is 1. The molecule has 0 bridgehead atoms. The molecule has 3 rings (SSSR count). The molecule has 0 atom stereocenters. The van der Waals surface area contributed by atoms with E-state index in [2.05, 4.69) is 15.5 Å². The molecule has 0 unspecified atom stereocenters. The van der Waals surface area contributed by atoms with Crippen molar-refractivity contribution in [1.29, 1.82) is 0 Å². The van der Waals surface area contributed by atoms with E-state index >= 15 is 0 Å². The van der Waals surface area contributed by atoms with Gasteiger partial charge in [-0.25, -0.2) is 0 Å². The molecule has 0 aliphatic heterocycles. The van der Waals surface area contributed by atoms with Crippen LogP contribution in [0.5, 0.6) is 0 Å². The second-order valence-electron chi connectivity index (χ2n) is 4.61. The highest BCUT2D eigenvalue weighted by Gasteiger charge is 2.10. The van der Waals surface area contributed by atoms with Crippen molar-refractivity contribution in [2.75, 3.05) is 5.75 Å². The van der Waals surface area contributed by atoms with E-state index in [0.29, 0.717) is 16.7 Å². The summed E-state index contributed by atoms with van der Waals surface area (Å²) in [5, 5.41) is 14.1. The van der Waals surface area contributed by atoms with Crippen molar-refractivity contribution in [2.24, 2.45) is 0 Å². The molecule has 2 aromatic heterocycles. The summed E-state index contributed by atoms with van der Waals surface area (Å²) in [5.74, 6) is 0.244. The third-order valence-electron chi connectivity index (χ3n) is 2.98. The van der Waals surface area contributed by atoms with E-state index < -0.39 is 0 Å². The van der Waals surface area contributed by atoms with Crippen LogP contribution in [-0.4, -0.2) is 26.4 Å². The summed E-state index contributed by atoms with van der Waals surface area (Å²) < 4.78 is 1.81. The van der Waals surface area contributed by atoms with E-state index in [9.17, 15) is 4.79 Å². The molecule has 5 nitrogen and oxygen atoms in total. The quantitative estimate of drug-likeness (QED) is 0.681. The first-order valence-electron chi connectivity index (χ1n) is 6.80. The van der Waals surface area contributed by atoms with Crippen LogP contribution in [0.4, 0.5) is 0 Å². The summed E-state index contributed by atoms with van der Waals surface area (Å²) in [4.78, 5) is 13.1. The second-order valence-corrected chi connectivity index (χ2v) is 7.02. The molecule has 0 saturated heterocycles. The summed E-state index contributed by atoms with van der Waals surface area (Å²) in [5.41, 5.74) is 0.865. The molecular weight excluding hydrogens is 352 g/mol. The maximum Gasteiger partial charge on any atom is 0.230 e. The number of nitrogens with zero attached hydrogens (tertiary/aromatic N) is 3. The van der Waals surface area contributed by atoms with Gasteiger partial charge < -0.3 is 5.32 Å². The van der Waals surface area contributed by atoms with Crippen LogP contribution < -0.4 is 5.32 Å². The molecule has 3 aromatic rings. The zero-order valence-electron chi connectivity index (χ0n) is 12.0. The van der Waals surface area contributed by atoms with Crippen molar-refractivity contribution in [2.45, 2.75) is 11.7 Å². The van der Waals surface area contributed by atoms with Gasteiger partial charge in [0.2, 0.25) is 5.91 Å². The Kier molecular flexibility index (Phi) is 5.32. The van der Waals surface area contributed by atoms with E-state index in [-0.39, 0.29) is 11.7 Å². The summed E-state index contributed by atoms with van der Waals surface area (Å²) in [6, 6.07) is 11.4. The zero-order chi connectivity index (χ0) is 16.1. The molecule has 1 amide bonds. The number of hydrogen-bond acceptors (Lipinski definition) is 5. The van der Waals surface area contributed by atoms with Crippen molar-refractivity contribution in [3.63, 3.8) is 0 Å². The number of carbonyl (C=O) groups excluding carboxylic acids is 1. The average molecular weight is 365 g/mol. The van der Waals surface area contributed by atoms with Crippen LogP contribution in [0, 0.1) is 0 Å². The molecule has 0 aliphatic carbocycles. The van der Waals surface area contributed by atoms with Crippen molar-refractivity contribution in [3.8, 4) is 5.69 Å². The highest BCUT2D eigenvalue weighted by atomic mass is 35.5. The van der Waals surface area contributed by atoms with Gasteiger partial charge in [-0.15, -0.1) is 21.5 Å². The maximum absolute atomic E-state index is 11.9. The Morgan fingerprint density at radius 2 is 2.26 bits per heavy atom. The van der Waals surface area contributed by atoms with Crippen molar-refractivity contribution in [3.05, 3.63) is 58.0 Å². The molecule has 1 aromatic carbocycles. The lowest BCUT2D eigenvalue weighted by atomic mass is 10.3. The third-order valence-corrected chi connectivity index (χ3v) is 5.03. The van der Waals surface area contributed by atoms with Gasteiger partial charge in [-0.1, -0.05) is 35.5 Å². The van der Waals surface area contributed by atoms with Crippen molar-refractivity contribution >= 4 is 40.6 Å². The lowest BCUT2D eigenvalue weighted by Gasteiger charge is -2.07. The first-order chi connectivity index (χ1) is 11.2. The van der Waals surface area contributed by atoms with E-state index in [1.165, 1.54) is 11.8 Å². The molecule has 0 saturated carbocycles. The van der Waals surface area contributed by atoms with Gasteiger partial charge in [-0.05, 0) is 29.6 Å². The van der Waals surface area contributed by atoms with Gasteiger partial charge in [0.15, 0.2) is 5.16 Å². The van der Waals surface area contributed by atoms with E-state index in [1.54, 1.807) is 23.7 Å². The van der Waals surface area contributed by atoms with Gasteiger partial charge in [0.1, 0.15) is 6.33 Å². The number of rotatable bonds is 6. The Morgan fingerprint density at radius 1 is 1.35 bits per heavy atom. The minimum atomic E-state index is -0.0379. The Labute approximate surface area is 146 Å². The van der Waals surface area contributed by atoms with Gasteiger partial charge in [0.25, 0.3) is 0 Å². The predicted molar refractivity (Wildman–Crippen MR) is 93.3 cm³/mol. The molecule has 0 spiro atoms. The number of amides is 1. The van der Waals surface area contributed by atoms with Crippen LogP contribution in [0.2, 0.25) is 5.02 Å². The lowest BCUT2D eigenvalue weighted by molar-refractivity contribution is -0.118. The summed E-state index contributed by atoms with van der Waals surface area (Å²) in [6.07, 6.45) is 1.61. The highest BCUT2D eigenvalue weighted by Crippen LogP contribution is 2.21. The highest BCUT2D eigenvalue weighted by molar-refractivity contribution is 7.99. The normalized spacial score (nSPS) is 10.7. The number of thiophene rings is 1. The Hall–Kier alpha value is -1.83. The van der Waals surface area contributed by atoms with Gasteiger partial charge in [-0.2, -0.15) is 0 Å². The summed E-state index contributed by atoms with van der Waals surface area (Å²) in [6.45, 7) is 0.554. The van der Waals surface area contributed by atoms with Gasteiger partial charge in [0, 0.05) is 9.90 Å². The summed E-state index contributed by atoms with van der Waals surface area (Å²) in [7, 11) is 0. The third kappa shape index (κ3) is 4.34. The number of aromatic nitrogens is 3. The monoisotopic (exact) mass is 364 g/mol. The van der Waals surface area contributed by atoms with Crippen LogP contribution in [0.3, 0.4) is 0 Å². The van der Waals surface area contributed by atoms with Crippen LogP contribution in [0.15, 0.2) is 53.3 Å². The predicted octanol–water partition coefficient (Wildman–Crippen LogP) is 3.39. The fourth-order valence-electron chi connectivity index (χ4n) is 1.91. The first kappa shape index (κ1) is 16.0. The van der Waals surface area contributed by atoms with E-state index in [4.69, 9.17) is 11.6 Å². The van der Waals surface area contributed by atoms with Gasteiger partial charge in [0.05, 0.1) is 18.0 Å². The molecule has 23 heavy (non-hydrogen) atoms. The largest absolute Gasteiger partial charge is 0.350 e. The molecule has 0 radical (unpaired) electrons.